The fraction of sp³-hybridized carbons (Fsp3) is 0.412. The van der Waals surface area contributed by atoms with E-state index in [1.165, 1.54) is 0 Å². The molecule has 1 fully saturated rings. The summed E-state index contributed by atoms with van der Waals surface area (Å²) >= 11 is 0. The Hall–Kier alpha value is -2.90. The predicted octanol–water partition coefficient (Wildman–Crippen LogP) is 2.00. The Morgan fingerprint density at radius 2 is 2.00 bits per heavy atom. The van der Waals surface area contributed by atoms with Crippen molar-refractivity contribution in [1.82, 2.24) is 20.4 Å². The van der Waals surface area contributed by atoms with Crippen molar-refractivity contribution in [2.45, 2.75) is 38.8 Å². The molecule has 0 saturated carbocycles. The first kappa shape index (κ1) is 16.9. The molecule has 1 unspecified atom stereocenters. The van der Waals surface area contributed by atoms with Crippen LogP contribution in [0, 0.1) is 0 Å². The first-order valence-corrected chi connectivity index (χ1v) is 8.08. The zero-order valence-corrected chi connectivity index (χ0v) is 14.4. The zero-order valence-electron chi connectivity index (χ0n) is 14.4. The summed E-state index contributed by atoms with van der Waals surface area (Å²) in [5.41, 5.74) is -0.465. The Labute approximate surface area is 145 Å². The van der Waals surface area contributed by atoms with E-state index in [2.05, 4.69) is 15.5 Å². The van der Waals surface area contributed by atoms with E-state index in [-0.39, 0.29) is 12.5 Å². The molecule has 8 heteroatoms. The Kier molecular flexibility index (Phi) is 4.43. The van der Waals surface area contributed by atoms with Crippen LogP contribution in [0.2, 0.25) is 0 Å². The van der Waals surface area contributed by atoms with Crippen molar-refractivity contribution in [1.29, 1.82) is 0 Å². The molecule has 2 heterocycles. The molecule has 8 nitrogen and oxygen atoms in total. The van der Waals surface area contributed by atoms with Crippen LogP contribution in [0.15, 0.2) is 28.8 Å². The van der Waals surface area contributed by atoms with Crippen LogP contribution in [0.5, 0.6) is 5.75 Å². The number of carbonyl (C=O) groups excluding carboxylic acids is 2. The number of hydrogen-bond acceptors (Lipinski definition) is 6. The van der Waals surface area contributed by atoms with Crippen LogP contribution in [-0.2, 0) is 23.3 Å². The van der Waals surface area contributed by atoms with E-state index in [4.69, 9.17) is 9.26 Å². The Morgan fingerprint density at radius 1 is 1.28 bits per heavy atom. The molecule has 3 amide bonds. The Morgan fingerprint density at radius 3 is 2.64 bits per heavy atom. The van der Waals surface area contributed by atoms with Crippen molar-refractivity contribution in [2.75, 3.05) is 7.11 Å². The van der Waals surface area contributed by atoms with Crippen molar-refractivity contribution < 1.29 is 18.8 Å². The largest absolute Gasteiger partial charge is 0.497 e. The number of hydrogen-bond donors (Lipinski definition) is 1. The second kappa shape index (κ2) is 6.54. The number of benzene rings is 1. The summed E-state index contributed by atoms with van der Waals surface area (Å²) in [6.07, 6.45) is 1.54. The molecule has 3 rings (SSSR count). The van der Waals surface area contributed by atoms with Crippen LogP contribution in [0.1, 0.15) is 37.5 Å². The van der Waals surface area contributed by atoms with Gasteiger partial charge in [-0.3, -0.25) is 9.69 Å². The molecule has 1 atom stereocenters. The number of aryl methyl sites for hydroxylation is 1. The summed E-state index contributed by atoms with van der Waals surface area (Å²) < 4.78 is 10.2. The van der Waals surface area contributed by atoms with Gasteiger partial charge in [-0.1, -0.05) is 24.2 Å². The van der Waals surface area contributed by atoms with Crippen LogP contribution in [0.25, 0.3) is 0 Å². The maximum Gasteiger partial charge on any atom is 0.325 e. The second-order valence-electron chi connectivity index (χ2n) is 6.03. The highest BCUT2D eigenvalue weighted by Gasteiger charge is 2.49. The van der Waals surface area contributed by atoms with E-state index in [0.29, 0.717) is 29.4 Å². The van der Waals surface area contributed by atoms with Crippen molar-refractivity contribution in [3.05, 3.63) is 41.5 Å². The fourth-order valence-electron chi connectivity index (χ4n) is 2.77. The highest BCUT2D eigenvalue weighted by molar-refractivity contribution is 6.07. The lowest BCUT2D eigenvalue weighted by atomic mass is 9.92. The molecule has 1 N–H and O–H groups in total. The molecule has 0 bridgehead atoms. The minimum Gasteiger partial charge on any atom is -0.497 e. The topological polar surface area (TPSA) is 97.6 Å². The summed E-state index contributed by atoms with van der Waals surface area (Å²) in [6.45, 7) is 3.65. The normalized spacial score (nSPS) is 20.0. The van der Waals surface area contributed by atoms with Crippen LogP contribution < -0.4 is 10.1 Å². The molecule has 0 radical (unpaired) electrons. The lowest BCUT2D eigenvalue weighted by Crippen LogP contribution is -2.40. The highest BCUT2D eigenvalue weighted by Crippen LogP contribution is 2.30. The predicted molar refractivity (Wildman–Crippen MR) is 87.7 cm³/mol. The van der Waals surface area contributed by atoms with Gasteiger partial charge in [-0.15, -0.1) is 0 Å². The quantitative estimate of drug-likeness (QED) is 0.805. The number of rotatable bonds is 6. The van der Waals surface area contributed by atoms with Gasteiger partial charge in [-0.2, -0.15) is 4.98 Å². The summed E-state index contributed by atoms with van der Waals surface area (Å²) in [4.78, 5) is 30.5. The minimum absolute atomic E-state index is 0.0242. The molecule has 1 aromatic carbocycles. The SMILES string of the molecule is CCCc1nc(CN2C(=O)NC(C)(c3ccc(OC)cc3)C2=O)no1. The maximum atomic E-state index is 12.9. The van der Waals surface area contributed by atoms with Gasteiger partial charge >= 0.3 is 6.03 Å². The summed E-state index contributed by atoms with van der Waals surface area (Å²) in [7, 11) is 1.57. The molecule has 1 saturated heterocycles. The first-order chi connectivity index (χ1) is 12.0. The third-order valence-electron chi connectivity index (χ3n) is 4.22. The molecule has 2 aromatic rings. The number of amides is 3. The fourth-order valence-corrected chi connectivity index (χ4v) is 2.77. The molecule has 25 heavy (non-hydrogen) atoms. The van der Waals surface area contributed by atoms with Gasteiger partial charge in [-0.25, -0.2) is 4.79 Å². The number of methoxy groups -OCH3 is 1. The van der Waals surface area contributed by atoms with Gasteiger partial charge in [0.1, 0.15) is 11.3 Å². The third-order valence-corrected chi connectivity index (χ3v) is 4.22. The van der Waals surface area contributed by atoms with E-state index in [1.807, 2.05) is 6.92 Å². The van der Waals surface area contributed by atoms with Crippen molar-refractivity contribution in [2.24, 2.45) is 0 Å². The standard InChI is InChI=1S/C17H20N4O4/c1-4-5-14-18-13(20-25-14)10-21-15(22)17(2,19-16(21)23)11-6-8-12(24-3)9-7-11/h6-9H,4-5,10H2,1-3H3,(H,19,23). The summed E-state index contributed by atoms with van der Waals surface area (Å²) in [5, 5.41) is 6.58. The highest BCUT2D eigenvalue weighted by atomic mass is 16.5. The molecule has 1 aromatic heterocycles. The van der Waals surface area contributed by atoms with E-state index < -0.39 is 11.6 Å². The Bertz CT molecular complexity index is 786. The van der Waals surface area contributed by atoms with E-state index in [9.17, 15) is 9.59 Å². The van der Waals surface area contributed by atoms with Crippen LogP contribution in [-0.4, -0.2) is 34.1 Å². The Balaban J connectivity index is 1.80. The van der Waals surface area contributed by atoms with Crippen molar-refractivity contribution >= 4 is 11.9 Å². The average molecular weight is 344 g/mol. The third kappa shape index (κ3) is 3.07. The van der Waals surface area contributed by atoms with Gasteiger partial charge < -0.3 is 14.6 Å². The smallest absolute Gasteiger partial charge is 0.325 e. The van der Waals surface area contributed by atoms with E-state index in [0.717, 1.165) is 11.3 Å². The number of aromatic nitrogens is 2. The van der Waals surface area contributed by atoms with Gasteiger partial charge in [0.2, 0.25) is 5.89 Å². The monoisotopic (exact) mass is 344 g/mol. The van der Waals surface area contributed by atoms with E-state index in [1.54, 1.807) is 38.3 Å². The number of imide groups is 1. The van der Waals surface area contributed by atoms with Crippen molar-refractivity contribution in [3.63, 3.8) is 0 Å². The van der Waals surface area contributed by atoms with Gasteiger partial charge in [0.05, 0.1) is 13.7 Å². The number of nitrogens with one attached hydrogen (secondary N) is 1. The molecule has 0 aliphatic carbocycles. The molecule has 0 spiro atoms. The van der Waals surface area contributed by atoms with Gasteiger partial charge in [0, 0.05) is 6.42 Å². The zero-order chi connectivity index (χ0) is 18.0. The van der Waals surface area contributed by atoms with Gasteiger partial charge in [0.15, 0.2) is 5.82 Å². The number of urea groups is 1. The average Bonchev–Trinajstić information content (AvgIpc) is 3.14. The minimum atomic E-state index is -1.14. The summed E-state index contributed by atoms with van der Waals surface area (Å²) in [6, 6.07) is 6.53. The number of ether oxygens (including phenoxy) is 1. The molecular formula is C17H20N4O4. The second-order valence-corrected chi connectivity index (χ2v) is 6.03. The lowest BCUT2D eigenvalue weighted by molar-refractivity contribution is -0.131. The van der Waals surface area contributed by atoms with Crippen LogP contribution in [0.4, 0.5) is 4.79 Å². The summed E-state index contributed by atoms with van der Waals surface area (Å²) in [5.74, 6) is 1.13. The molecule has 1 aliphatic rings. The van der Waals surface area contributed by atoms with Crippen molar-refractivity contribution in [3.8, 4) is 5.75 Å². The van der Waals surface area contributed by atoms with E-state index >= 15 is 0 Å². The molecule has 132 valence electrons. The number of nitrogens with zero attached hydrogens (tertiary/aromatic N) is 3. The molecule has 1 aliphatic heterocycles. The van der Waals surface area contributed by atoms with Crippen LogP contribution in [0.3, 0.4) is 0 Å². The first-order valence-electron chi connectivity index (χ1n) is 8.08. The van der Waals surface area contributed by atoms with Crippen LogP contribution >= 0.6 is 0 Å². The molecular weight excluding hydrogens is 324 g/mol. The lowest BCUT2D eigenvalue weighted by Gasteiger charge is -2.22. The maximum absolute atomic E-state index is 12.9. The van der Waals surface area contributed by atoms with Gasteiger partial charge in [-0.05, 0) is 31.0 Å². The number of carbonyl (C=O) groups is 2. The van der Waals surface area contributed by atoms with Gasteiger partial charge in [0.25, 0.3) is 5.91 Å².